The number of fused-ring (bicyclic) bond motifs is 2. The van der Waals surface area contributed by atoms with E-state index in [0.717, 1.165) is 19.3 Å². The normalized spacial score (nSPS) is 13.1. The van der Waals surface area contributed by atoms with E-state index in [4.69, 9.17) is 0 Å². The van der Waals surface area contributed by atoms with Crippen molar-refractivity contribution in [3.63, 3.8) is 0 Å². The highest BCUT2D eigenvalue weighted by Crippen LogP contribution is 2.25. The van der Waals surface area contributed by atoms with Gasteiger partial charge in [0.05, 0.1) is 11.1 Å². The Labute approximate surface area is 188 Å². The minimum Gasteiger partial charge on any atom is -0.356 e. The van der Waals surface area contributed by atoms with Gasteiger partial charge in [0.15, 0.2) is 0 Å². The van der Waals surface area contributed by atoms with Gasteiger partial charge < -0.3 is 9.88 Å². The number of hydrogen-bond acceptors (Lipinski definition) is 3. The number of nitrogens with one attached hydrogen (secondary N) is 1. The highest BCUT2D eigenvalue weighted by molar-refractivity contribution is 6.21. The van der Waals surface area contributed by atoms with E-state index in [1.54, 1.807) is 24.3 Å². The smallest absolute Gasteiger partial charge is 0.261 e. The van der Waals surface area contributed by atoms with Gasteiger partial charge in [-0.2, -0.15) is 0 Å². The molecule has 2 heterocycles. The molecule has 3 amide bonds. The Hall–Kier alpha value is -3.41. The van der Waals surface area contributed by atoms with Crippen molar-refractivity contribution in [1.29, 1.82) is 0 Å². The van der Waals surface area contributed by atoms with Gasteiger partial charge in [-0.3, -0.25) is 19.3 Å². The SMILES string of the molecule is Cc1c(CCNC(=O)CCCCCN2C(=O)c3ccccc3C2=O)c2ccccc2n1C. The third kappa shape index (κ3) is 4.17. The third-order valence-electron chi connectivity index (χ3n) is 6.39. The van der Waals surface area contributed by atoms with Crippen LogP contribution < -0.4 is 5.32 Å². The van der Waals surface area contributed by atoms with Gasteiger partial charge in [-0.05, 0) is 49.9 Å². The van der Waals surface area contributed by atoms with Gasteiger partial charge in [-0.25, -0.2) is 0 Å². The number of rotatable bonds is 9. The first-order valence-electron chi connectivity index (χ1n) is 11.2. The summed E-state index contributed by atoms with van der Waals surface area (Å²) in [6, 6.07) is 15.3. The lowest BCUT2D eigenvalue weighted by Crippen LogP contribution is -2.30. The molecule has 0 saturated carbocycles. The molecule has 6 nitrogen and oxygen atoms in total. The summed E-state index contributed by atoms with van der Waals surface area (Å²) in [5.74, 6) is -0.386. The van der Waals surface area contributed by atoms with Crippen LogP contribution in [0.15, 0.2) is 48.5 Å². The van der Waals surface area contributed by atoms with E-state index in [1.165, 1.54) is 27.1 Å². The second-order valence-corrected chi connectivity index (χ2v) is 8.36. The van der Waals surface area contributed by atoms with Crippen molar-refractivity contribution in [2.24, 2.45) is 7.05 Å². The lowest BCUT2D eigenvalue weighted by Gasteiger charge is -2.13. The molecule has 3 aromatic rings. The first kappa shape index (κ1) is 21.8. The van der Waals surface area contributed by atoms with Crippen LogP contribution in [0.3, 0.4) is 0 Å². The number of hydrogen-bond donors (Lipinski definition) is 1. The van der Waals surface area contributed by atoms with E-state index in [-0.39, 0.29) is 17.7 Å². The van der Waals surface area contributed by atoms with E-state index in [0.29, 0.717) is 37.1 Å². The maximum Gasteiger partial charge on any atom is 0.261 e. The van der Waals surface area contributed by atoms with Gasteiger partial charge in [0.1, 0.15) is 0 Å². The molecule has 1 N–H and O–H groups in total. The zero-order valence-corrected chi connectivity index (χ0v) is 18.7. The lowest BCUT2D eigenvalue weighted by atomic mass is 10.1. The number of carbonyl (C=O) groups excluding carboxylic acids is 3. The van der Waals surface area contributed by atoms with Crippen LogP contribution >= 0.6 is 0 Å². The monoisotopic (exact) mass is 431 g/mol. The highest BCUT2D eigenvalue weighted by Gasteiger charge is 2.34. The maximum absolute atomic E-state index is 12.4. The average Bonchev–Trinajstić information content (AvgIpc) is 3.19. The summed E-state index contributed by atoms with van der Waals surface area (Å²) in [6.45, 7) is 3.13. The van der Waals surface area contributed by atoms with Gasteiger partial charge in [-0.15, -0.1) is 0 Å². The topological polar surface area (TPSA) is 71.4 Å². The van der Waals surface area contributed by atoms with Gasteiger partial charge in [-0.1, -0.05) is 36.8 Å². The van der Waals surface area contributed by atoms with Crippen molar-refractivity contribution in [2.45, 2.75) is 39.0 Å². The molecule has 0 unspecified atom stereocenters. The minimum absolute atomic E-state index is 0.0450. The predicted octanol–water partition coefficient (Wildman–Crippen LogP) is 4.00. The van der Waals surface area contributed by atoms with Crippen LogP contribution in [0.5, 0.6) is 0 Å². The average molecular weight is 432 g/mol. The van der Waals surface area contributed by atoms with Crippen molar-refractivity contribution in [3.05, 3.63) is 70.9 Å². The van der Waals surface area contributed by atoms with Gasteiger partial charge in [0.25, 0.3) is 11.8 Å². The molecule has 1 aliphatic heterocycles. The summed E-state index contributed by atoms with van der Waals surface area (Å²) < 4.78 is 2.20. The lowest BCUT2D eigenvalue weighted by molar-refractivity contribution is -0.121. The summed E-state index contributed by atoms with van der Waals surface area (Å²) in [7, 11) is 2.07. The number of carbonyl (C=O) groups is 3. The van der Waals surface area contributed by atoms with Crippen LogP contribution in [0.25, 0.3) is 10.9 Å². The number of nitrogens with zero attached hydrogens (tertiary/aromatic N) is 2. The second-order valence-electron chi connectivity index (χ2n) is 8.36. The molecular formula is C26H29N3O3. The van der Waals surface area contributed by atoms with Crippen LogP contribution in [0.4, 0.5) is 0 Å². The van der Waals surface area contributed by atoms with E-state index in [1.807, 2.05) is 12.1 Å². The fourth-order valence-electron chi connectivity index (χ4n) is 4.50. The molecule has 1 aromatic heterocycles. The van der Waals surface area contributed by atoms with Crippen LogP contribution in [-0.2, 0) is 18.3 Å². The number of aromatic nitrogens is 1. The molecule has 6 heteroatoms. The first-order valence-corrected chi connectivity index (χ1v) is 11.2. The molecule has 4 rings (SSSR count). The number of imide groups is 1. The molecule has 0 aliphatic carbocycles. The predicted molar refractivity (Wildman–Crippen MR) is 125 cm³/mol. The Morgan fingerprint density at radius 3 is 2.28 bits per heavy atom. The molecule has 32 heavy (non-hydrogen) atoms. The highest BCUT2D eigenvalue weighted by atomic mass is 16.2. The largest absolute Gasteiger partial charge is 0.356 e. The summed E-state index contributed by atoms with van der Waals surface area (Å²) in [5.41, 5.74) is 4.69. The zero-order valence-electron chi connectivity index (χ0n) is 18.7. The number of amides is 3. The summed E-state index contributed by atoms with van der Waals surface area (Å²) >= 11 is 0. The zero-order chi connectivity index (χ0) is 22.7. The summed E-state index contributed by atoms with van der Waals surface area (Å²) in [6.07, 6.45) is 3.49. The molecular weight excluding hydrogens is 402 g/mol. The minimum atomic E-state index is -0.216. The van der Waals surface area contributed by atoms with Crippen LogP contribution in [0.2, 0.25) is 0 Å². The summed E-state index contributed by atoms with van der Waals surface area (Å²) in [5, 5.41) is 4.27. The van der Waals surface area contributed by atoms with Crippen molar-refractivity contribution in [3.8, 4) is 0 Å². The van der Waals surface area contributed by atoms with E-state index >= 15 is 0 Å². The Morgan fingerprint density at radius 2 is 1.56 bits per heavy atom. The fourth-order valence-corrected chi connectivity index (χ4v) is 4.50. The fraction of sp³-hybridized carbons (Fsp3) is 0.346. The first-order chi connectivity index (χ1) is 15.5. The molecule has 2 aromatic carbocycles. The Morgan fingerprint density at radius 1 is 0.906 bits per heavy atom. The Balaban J connectivity index is 1.17. The molecule has 0 spiro atoms. The molecule has 0 atom stereocenters. The Bertz CT molecular complexity index is 1140. The molecule has 0 bridgehead atoms. The molecule has 0 radical (unpaired) electrons. The number of para-hydroxylation sites is 1. The van der Waals surface area contributed by atoms with E-state index < -0.39 is 0 Å². The van der Waals surface area contributed by atoms with Gasteiger partial charge in [0, 0.05) is 43.2 Å². The van der Waals surface area contributed by atoms with Crippen molar-refractivity contribution < 1.29 is 14.4 Å². The standard InChI is InChI=1S/C26H29N3O3/c1-18-19(20-10-7-8-13-23(20)28(18)2)15-16-27-24(30)14-4-3-9-17-29-25(31)21-11-5-6-12-22(21)26(29)32/h5-8,10-13H,3-4,9,14-17H2,1-2H3,(H,27,30). The van der Waals surface area contributed by atoms with E-state index in [9.17, 15) is 14.4 Å². The van der Waals surface area contributed by atoms with Crippen LogP contribution in [0.1, 0.15) is 57.7 Å². The van der Waals surface area contributed by atoms with Crippen molar-refractivity contribution in [2.75, 3.05) is 13.1 Å². The van der Waals surface area contributed by atoms with Crippen molar-refractivity contribution in [1.82, 2.24) is 14.8 Å². The maximum atomic E-state index is 12.4. The Kier molecular flexibility index (Phi) is 6.40. The van der Waals surface area contributed by atoms with Crippen LogP contribution in [-0.4, -0.2) is 40.3 Å². The third-order valence-corrected chi connectivity index (χ3v) is 6.39. The number of unbranched alkanes of at least 4 members (excludes halogenated alkanes) is 2. The molecule has 0 fully saturated rings. The number of benzene rings is 2. The quantitative estimate of drug-likeness (QED) is 0.411. The van der Waals surface area contributed by atoms with E-state index in [2.05, 4.69) is 36.0 Å². The van der Waals surface area contributed by atoms with Gasteiger partial charge in [0.2, 0.25) is 5.91 Å². The number of aryl methyl sites for hydroxylation is 1. The second kappa shape index (κ2) is 9.39. The van der Waals surface area contributed by atoms with Gasteiger partial charge >= 0.3 is 0 Å². The van der Waals surface area contributed by atoms with Crippen LogP contribution in [0, 0.1) is 6.92 Å². The van der Waals surface area contributed by atoms with Crippen molar-refractivity contribution >= 4 is 28.6 Å². The molecule has 0 saturated heterocycles. The molecule has 166 valence electrons. The summed E-state index contributed by atoms with van der Waals surface area (Å²) in [4.78, 5) is 38.3. The molecule has 1 aliphatic rings.